The van der Waals surface area contributed by atoms with Crippen LogP contribution in [0.4, 0.5) is 5.69 Å². The molecule has 2 heterocycles. The van der Waals surface area contributed by atoms with Gasteiger partial charge < -0.3 is 5.32 Å². The number of benzene rings is 2. The molecule has 2 aromatic carbocycles. The lowest BCUT2D eigenvalue weighted by atomic mass is 10.2. The fraction of sp³-hybridized carbons (Fsp3) is 0.0455. The monoisotopic (exact) mass is 433 g/mol. The Kier molecular flexibility index (Phi) is 5.76. The summed E-state index contributed by atoms with van der Waals surface area (Å²) in [6.45, 7) is 0.313. The molecule has 2 aromatic heterocycles. The zero-order chi connectivity index (χ0) is 21.7. The van der Waals surface area contributed by atoms with Crippen molar-refractivity contribution in [1.29, 1.82) is 0 Å². The summed E-state index contributed by atoms with van der Waals surface area (Å²) < 4.78 is 28.9. The van der Waals surface area contributed by atoms with Crippen LogP contribution in [0.15, 0.2) is 96.3 Å². The third kappa shape index (κ3) is 4.96. The first-order chi connectivity index (χ1) is 15.0. The Labute approximate surface area is 179 Å². The molecule has 0 radical (unpaired) electrons. The van der Waals surface area contributed by atoms with E-state index in [-0.39, 0.29) is 10.8 Å². The molecule has 1 amide bonds. The number of nitrogens with one attached hydrogen (secondary N) is 2. The molecule has 0 aliphatic rings. The van der Waals surface area contributed by atoms with E-state index in [4.69, 9.17) is 0 Å². The quantitative estimate of drug-likeness (QED) is 0.466. The largest absolute Gasteiger partial charge is 0.348 e. The van der Waals surface area contributed by atoms with Crippen molar-refractivity contribution in [3.63, 3.8) is 0 Å². The van der Waals surface area contributed by atoms with Gasteiger partial charge in [0.25, 0.3) is 15.9 Å². The van der Waals surface area contributed by atoms with Crippen LogP contribution in [-0.2, 0) is 16.6 Å². The Morgan fingerprint density at radius 3 is 2.35 bits per heavy atom. The third-order valence-corrected chi connectivity index (χ3v) is 5.85. The highest BCUT2D eigenvalue weighted by atomic mass is 32.2. The molecule has 0 fully saturated rings. The van der Waals surface area contributed by atoms with Crippen molar-refractivity contribution in [1.82, 2.24) is 20.1 Å². The molecule has 0 aliphatic carbocycles. The van der Waals surface area contributed by atoms with Gasteiger partial charge in [-0.05, 0) is 54.1 Å². The summed E-state index contributed by atoms with van der Waals surface area (Å²) in [5, 5.41) is 6.94. The van der Waals surface area contributed by atoms with Gasteiger partial charge in [-0.3, -0.25) is 9.52 Å². The summed E-state index contributed by atoms with van der Waals surface area (Å²) in [5.41, 5.74) is 1.64. The number of aromatic nitrogens is 3. The molecule has 0 saturated heterocycles. The molecule has 0 saturated carbocycles. The number of carbonyl (C=O) groups excluding carboxylic acids is 1. The van der Waals surface area contributed by atoms with E-state index in [1.54, 1.807) is 65.7 Å². The molecule has 4 rings (SSSR count). The van der Waals surface area contributed by atoms with Crippen LogP contribution in [0.1, 0.15) is 15.9 Å². The Balaban J connectivity index is 1.35. The lowest BCUT2D eigenvalue weighted by Gasteiger charge is -2.09. The smallest absolute Gasteiger partial charge is 0.261 e. The van der Waals surface area contributed by atoms with Gasteiger partial charge in [0.2, 0.25) is 0 Å². The number of pyridine rings is 1. The summed E-state index contributed by atoms with van der Waals surface area (Å²) >= 11 is 0. The summed E-state index contributed by atoms with van der Waals surface area (Å²) in [5.74, 6) is 0.419. The van der Waals surface area contributed by atoms with E-state index in [1.165, 1.54) is 12.1 Å². The van der Waals surface area contributed by atoms with Crippen LogP contribution in [0, 0.1) is 0 Å². The predicted molar refractivity (Wildman–Crippen MR) is 116 cm³/mol. The Bertz CT molecular complexity index is 1260. The van der Waals surface area contributed by atoms with Gasteiger partial charge in [-0.1, -0.05) is 24.3 Å². The topological polar surface area (TPSA) is 106 Å². The first-order valence-electron chi connectivity index (χ1n) is 9.42. The number of hydrogen-bond acceptors (Lipinski definition) is 5. The van der Waals surface area contributed by atoms with Crippen LogP contribution in [0.3, 0.4) is 0 Å². The van der Waals surface area contributed by atoms with Gasteiger partial charge in [0, 0.05) is 36.4 Å². The Morgan fingerprint density at radius 1 is 0.935 bits per heavy atom. The summed E-state index contributed by atoms with van der Waals surface area (Å²) in [7, 11) is -3.68. The van der Waals surface area contributed by atoms with Gasteiger partial charge >= 0.3 is 0 Å². The summed E-state index contributed by atoms with van der Waals surface area (Å²) in [4.78, 5) is 16.9. The van der Waals surface area contributed by atoms with Crippen molar-refractivity contribution in [2.24, 2.45) is 0 Å². The average molecular weight is 433 g/mol. The second-order valence-electron chi connectivity index (χ2n) is 6.65. The molecule has 9 heteroatoms. The lowest BCUT2D eigenvalue weighted by molar-refractivity contribution is 0.0951. The van der Waals surface area contributed by atoms with Crippen molar-refractivity contribution in [2.45, 2.75) is 11.4 Å². The van der Waals surface area contributed by atoms with E-state index in [0.29, 0.717) is 23.6 Å². The fourth-order valence-corrected chi connectivity index (χ4v) is 3.93. The lowest BCUT2D eigenvalue weighted by Crippen LogP contribution is -2.23. The summed E-state index contributed by atoms with van der Waals surface area (Å²) in [6.07, 6.45) is 5.15. The molecule has 4 aromatic rings. The van der Waals surface area contributed by atoms with Gasteiger partial charge in [0.15, 0.2) is 5.82 Å². The average Bonchev–Trinajstić information content (AvgIpc) is 3.34. The molecule has 0 atom stereocenters. The minimum absolute atomic E-state index is 0.170. The molecule has 0 aliphatic heterocycles. The van der Waals surface area contributed by atoms with Gasteiger partial charge in [0.1, 0.15) is 0 Å². The van der Waals surface area contributed by atoms with Gasteiger partial charge in [-0.2, -0.15) is 5.10 Å². The normalized spacial score (nSPS) is 11.1. The molecule has 0 spiro atoms. The van der Waals surface area contributed by atoms with Crippen molar-refractivity contribution in [3.05, 3.63) is 103 Å². The standard InChI is InChI=1S/C22H19N5O3S/c28-22(24-16-17-7-12-21(23-15-17)27-14-4-13-25-27)18-8-10-19(11-9-18)26-31(29,30)20-5-2-1-3-6-20/h1-15,26H,16H2,(H,24,28). The number of hydrogen-bond donors (Lipinski definition) is 2. The molecule has 156 valence electrons. The second kappa shape index (κ2) is 8.80. The molecular formula is C22H19N5O3S. The van der Waals surface area contributed by atoms with Crippen molar-refractivity contribution in [2.75, 3.05) is 4.72 Å². The Morgan fingerprint density at radius 2 is 1.71 bits per heavy atom. The minimum atomic E-state index is -3.68. The highest BCUT2D eigenvalue weighted by Crippen LogP contribution is 2.16. The first-order valence-corrected chi connectivity index (χ1v) is 10.9. The van der Waals surface area contributed by atoms with Crippen LogP contribution >= 0.6 is 0 Å². The number of sulfonamides is 1. The maximum absolute atomic E-state index is 12.4. The van der Waals surface area contributed by atoms with E-state index in [2.05, 4.69) is 20.1 Å². The highest BCUT2D eigenvalue weighted by molar-refractivity contribution is 7.92. The zero-order valence-electron chi connectivity index (χ0n) is 16.3. The van der Waals surface area contributed by atoms with Crippen LogP contribution in [0.2, 0.25) is 0 Å². The van der Waals surface area contributed by atoms with E-state index in [1.807, 2.05) is 18.2 Å². The number of carbonyl (C=O) groups is 1. The zero-order valence-corrected chi connectivity index (χ0v) is 17.2. The van der Waals surface area contributed by atoms with E-state index in [0.717, 1.165) is 5.56 Å². The predicted octanol–water partition coefficient (Wildman–Crippen LogP) is 3.00. The molecule has 0 bridgehead atoms. The molecule has 0 unspecified atom stereocenters. The minimum Gasteiger partial charge on any atom is -0.348 e. The van der Waals surface area contributed by atoms with Gasteiger partial charge in [0.05, 0.1) is 4.90 Å². The number of rotatable bonds is 7. The van der Waals surface area contributed by atoms with Crippen LogP contribution in [0.25, 0.3) is 5.82 Å². The van der Waals surface area contributed by atoms with E-state index < -0.39 is 10.0 Å². The fourth-order valence-electron chi connectivity index (χ4n) is 2.85. The van der Waals surface area contributed by atoms with E-state index >= 15 is 0 Å². The number of nitrogens with zero attached hydrogens (tertiary/aromatic N) is 3. The first kappa shape index (κ1) is 20.3. The molecule has 8 nitrogen and oxygen atoms in total. The maximum atomic E-state index is 12.4. The second-order valence-corrected chi connectivity index (χ2v) is 8.34. The molecule has 31 heavy (non-hydrogen) atoms. The van der Waals surface area contributed by atoms with Gasteiger partial charge in [-0.25, -0.2) is 18.1 Å². The highest BCUT2D eigenvalue weighted by Gasteiger charge is 2.14. The van der Waals surface area contributed by atoms with Crippen molar-refractivity contribution in [3.8, 4) is 5.82 Å². The SMILES string of the molecule is O=C(NCc1ccc(-n2cccn2)nc1)c1ccc(NS(=O)(=O)c2ccccc2)cc1. The van der Waals surface area contributed by atoms with E-state index in [9.17, 15) is 13.2 Å². The van der Waals surface area contributed by atoms with Crippen molar-refractivity contribution < 1.29 is 13.2 Å². The number of anilines is 1. The maximum Gasteiger partial charge on any atom is 0.261 e. The number of amides is 1. The summed E-state index contributed by atoms with van der Waals surface area (Å²) in [6, 6.07) is 19.8. The Hall–Kier alpha value is -3.98. The van der Waals surface area contributed by atoms with Crippen molar-refractivity contribution >= 4 is 21.6 Å². The van der Waals surface area contributed by atoms with Crippen LogP contribution in [0.5, 0.6) is 0 Å². The molecule has 2 N–H and O–H groups in total. The molecular weight excluding hydrogens is 414 g/mol. The van der Waals surface area contributed by atoms with Gasteiger partial charge in [-0.15, -0.1) is 0 Å². The van der Waals surface area contributed by atoms with Crippen LogP contribution in [-0.4, -0.2) is 29.1 Å². The third-order valence-electron chi connectivity index (χ3n) is 4.45. The van der Waals surface area contributed by atoms with Crippen LogP contribution < -0.4 is 10.0 Å².